The molecule has 0 radical (unpaired) electrons. The fourth-order valence-electron chi connectivity index (χ4n) is 0.923. The highest BCUT2D eigenvalue weighted by molar-refractivity contribution is 5.42. The van der Waals surface area contributed by atoms with Crippen LogP contribution in [-0.4, -0.2) is 25.7 Å². The van der Waals surface area contributed by atoms with Gasteiger partial charge in [0.05, 0.1) is 5.22 Å². The first-order chi connectivity index (χ1) is 6.56. The van der Waals surface area contributed by atoms with E-state index in [0.717, 1.165) is 18.4 Å². The number of hydrogen-bond acceptors (Lipinski definition) is 6. The molecule has 0 aliphatic rings. The van der Waals surface area contributed by atoms with Crippen LogP contribution in [0.4, 0.5) is 0 Å². The lowest BCUT2D eigenvalue weighted by Gasteiger charge is -1.97. The molecule has 0 amide bonds. The van der Waals surface area contributed by atoms with Gasteiger partial charge in [-0.1, -0.05) is 0 Å². The second-order valence-electron chi connectivity index (χ2n) is 2.48. The van der Waals surface area contributed by atoms with Crippen LogP contribution in [0.1, 0.15) is 0 Å². The van der Waals surface area contributed by atoms with Crippen LogP contribution < -0.4 is 10.4 Å². The van der Waals surface area contributed by atoms with Gasteiger partial charge in [0.15, 0.2) is 0 Å². The van der Waals surface area contributed by atoms with Crippen molar-refractivity contribution in [2.45, 2.75) is 0 Å². The number of phenolic OH excluding ortho intramolecular Hbond substituents is 2. The van der Waals surface area contributed by atoms with Gasteiger partial charge < -0.3 is 25.3 Å². The second kappa shape index (κ2) is 3.75. The molecule has 1 aromatic carbocycles. The standard InChI is InChI=1S/C8H8O6/c9-6-2-5(8(11)12)7(10)1-4(6)3-14-13/h1-3,9-13H. The van der Waals surface area contributed by atoms with Gasteiger partial charge in [-0.05, 0) is 12.1 Å². The summed E-state index contributed by atoms with van der Waals surface area (Å²) < 4.78 is 0. The molecule has 0 spiro atoms. The van der Waals surface area contributed by atoms with Crippen LogP contribution in [0.2, 0.25) is 0 Å². The fraction of sp³-hybridized carbons (Fsp3) is 0. The average molecular weight is 200 g/mol. The summed E-state index contributed by atoms with van der Waals surface area (Å²) >= 11 is 0. The van der Waals surface area contributed by atoms with Crippen LogP contribution in [0.15, 0.2) is 12.1 Å². The maximum absolute atomic E-state index is 9.23. The van der Waals surface area contributed by atoms with Crippen LogP contribution in [-0.2, 0) is 4.89 Å². The summed E-state index contributed by atoms with van der Waals surface area (Å²) in [4.78, 5) is 3.64. The molecule has 0 aromatic heterocycles. The number of hydrogen-bond donors (Lipinski definition) is 5. The van der Waals surface area contributed by atoms with Crippen LogP contribution in [0.25, 0.3) is 12.2 Å². The van der Waals surface area contributed by atoms with Gasteiger partial charge in [-0.3, -0.25) is 0 Å². The zero-order valence-corrected chi connectivity index (χ0v) is 6.88. The molecular formula is C8H8O6. The first kappa shape index (κ1) is 10.0. The molecule has 0 heterocycles. The van der Waals surface area contributed by atoms with E-state index in [0.29, 0.717) is 0 Å². The Hall–Kier alpha value is -2.08. The molecule has 0 atom stereocenters. The van der Waals surface area contributed by atoms with Crippen LogP contribution in [0, 0.1) is 0 Å². The van der Waals surface area contributed by atoms with Gasteiger partial charge in [-0.25, -0.2) is 5.26 Å². The Labute approximate surface area is 77.8 Å². The van der Waals surface area contributed by atoms with Gasteiger partial charge in [0.2, 0.25) is 0 Å². The molecule has 76 valence electrons. The van der Waals surface area contributed by atoms with Crippen molar-refractivity contribution in [1.82, 2.24) is 0 Å². The Morgan fingerprint density at radius 1 is 1.14 bits per heavy atom. The van der Waals surface area contributed by atoms with Crippen molar-refractivity contribution in [3.8, 4) is 11.5 Å². The molecule has 14 heavy (non-hydrogen) atoms. The molecule has 1 rings (SSSR count). The van der Waals surface area contributed by atoms with Crippen LogP contribution in [0.5, 0.6) is 11.5 Å². The predicted octanol–water partition coefficient (Wildman–Crippen LogP) is -0.493. The average Bonchev–Trinajstić information content (AvgIpc) is 2.10. The van der Waals surface area contributed by atoms with E-state index in [2.05, 4.69) is 4.89 Å². The first-order valence-electron chi connectivity index (χ1n) is 3.51. The maximum atomic E-state index is 9.23. The second-order valence-corrected chi connectivity index (χ2v) is 2.48. The fourth-order valence-corrected chi connectivity index (χ4v) is 0.923. The maximum Gasteiger partial charge on any atom is 0.285 e. The summed E-state index contributed by atoms with van der Waals surface area (Å²) in [5.74, 6) is -1.96. The van der Waals surface area contributed by atoms with Gasteiger partial charge in [0.1, 0.15) is 23.0 Å². The largest absolute Gasteiger partial charge is 0.507 e. The van der Waals surface area contributed by atoms with Crippen molar-refractivity contribution >= 4 is 12.2 Å². The third-order valence-corrected chi connectivity index (χ3v) is 1.57. The van der Waals surface area contributed by atoms with Crippen LogP contribution in [0.3, 0.4) is 0 Å². The van der Waals surface area contributed by atoms with E-state index in [1.54, 1.807) is 0 Å². The van der Waals surface area contributed by atoms with Crippen molar-refractivity contribution in [3.63, 3.8) is 0 Å². The number of benzene rings is 1. The third kappa shape index (κ3) is 1.80. The monoisotopic (exact) mass is 200 g/mol. The Bertz CT molecular complexity index is 446. The molecule has 1 aromatic rings. The highest BCUT2D eigenvalue weighted by atomic mass is 17.1. The normalized spacial score (nSPS) is 11.4. The highest BCUT2D eigenvalue weighted by Crippen LogP contribution is 2.03. The number of aromatic hydroxyl groups is 2. The summed E-state index contributed by atoms with van der Waals surface area (Å²) in [5.41, 5.74) is 0. The molecule has 6 heteroatoms. The third-order valence-electron chi connectivity index (χ3n) is 1.57. The van der Waals surface area contributed by atoms with Gasteiger partial charge in [-0.2, -0.15) is 0 Å². The van der Waals surface area contributed by atoms with Crippen molar-refractivity contribution in [2.24, 2.45) is 0 Å². The zero-order chi connectivity index (χ0) is 10.7. The Balaban J connectivity index is 3.56. The summed E-state index contributed by atoms with van der Waals surface area (Å²) in [7, 11) is 0. The van der Waals surface area contributed by atoms with Gasteiger partial charge >= 0.3 is 0 Å². The number of phenols is 2. The van der Waals surface area contributed by atoms with E-state index in [9.17, 15) is 10.2 Å². The molecular weight excluding hydrogens is 192 g/mol. The van der Waals surface area contributed by atoms with E-state index in [1.165, 1.54) is 0 Å². The predicted molar refractivity (Wildman–Crippen MR) is 45.9 cm³/mol. The van der Waals surface area contributed by atoms with Gasteiger partial charge in [0.25, 0.3) is 5.95 Å². The Morgan fingerprint density at radius 3 is 2.29 bits per heavy atom. The Kier molecular flexibility index (Phi) is 2.68. The van der Waals surface area contributed by atoms with Crippen LogP contribution >= 0.6 is 0 Å². The van der Waals surface area contributed by atoms with E-state index in [-0.39, 0.29) is 16.2 Å². The van der Waals surface area contributed by atoms with Crippen molar-refractivity contribution < 1.29 is 30.6 Å². The smallest absolute Gasteiger partial charge is 0.285 e. The molecule has 0 unspecified atom stereocenters. The van der Waals surface area contributed by atoms with Crippen molar-refractivity contribution in [1.29, 1.82) is 0 Å². The quantitative estimate of drug-likeness (QED) is 0.237. The minimum absolute atomic E-state index is 0.00463. The molecule has 0 saturated carbocycles. The minimum atomic E-state index is -1.12. The lowest BCUT2D eigenvalue weighted by atomic mass is 10.2. The summed E-state index contributed by atoms with van der Waals surface area (Å²) in [5, 5.41) is 43.5. The van der Waals surface area contributed by atoms with Gasteiger partial charge in [-0.15, -0.1) is 0 Å². The lowest BCUT2D eigenvalue weighted by Crippen LogP contribution is -2.12. The Morgan fingerprint density at radius 2 is 1.79 bits per heavy atom. The molecule has 6 nitrogen and oxygen atoms in total. The zero-order valence-electron chi connectivity index (χ0n) is 6.88. The van der Waals surface area contributed by atoms with Crippen molar-refractivity contribution in [3.05, 3.63) is 22.6 Å². The molecule has 0 aliphatic carbocycles. The lowest BCUT2D eigenvalue weighted by molar-refractivity contribution is -0.162. The minimum Gasteiger partial charge on any atom is -0.507 e. The summed E-state index contributed by atoms with van der Waals surface area (Å²) in [6, 6.07) is 1.91. The number of aliphatic hydroxyl groups is 2. The SMILES string of the molecule is OOC=c1cc(O)c(=C(O)O)cc1O. The molecule has 0 saturated heterocycles. The van der Waals surface area contributed by atoms with E-state index in [4.69, 9.17) is 15.5 Å². The molecule has 0 bridgehead atoms. The molecule has 5 N–H and O–H groups in total. The first-order valence-corrected chi connectivity index (χ1v) is 3.51. The molecule has 0 fully saturated rings. The van der Waals surface area contributed by atoms with E-state index >= 15 is 0 Å². The summed E-state index contributed by atoms with van der Waals surface area (Å²) in [6.07, 6.45) is 0.771. The molecule has 0 aliphatic heterocycles. The van der Waals surface area contributed by atoms with E-state index in [1.807, 2.05) is 0 Å². The number of aliphatic hydroxyl groups excluding tert-OH is 1. The number of rotatable bonds is 1. The van der Waals surface area contributed by atoms with E-state index < -0.39 is 11.7 Å². The van der Waals surface area contributed by atoms with Gasteiger partial charge in [0, 0.05) is 0 Å². The summed E-state index contributed by atoms with van der Waals surface area (Å²) in [6.45, 7) is 0. The van der Waals surface area contributed by atoms with Crippen molar-refractivity contribution in [2.75, 3.05) is 0 Å². The highest BCUT2D eigenvalue weighted by Gasteiger charge is 2.02. The topological polar surface area (TPSA) is 110 Å².